The summed E-state index contributed by atoms with van der Waals surface area (Å²) in [7, 11) is 0. The van der Waals surface area contributed by atoms with Gasteiger partial charge in [0.2, 0.25) is 0 Å². The lowest BCUT2D eigenvalue weighted by Gasteiger charge is -2.34. The normalized spacial score (nSPS) is 20.2. The number of amides is 1. The van der Waals surface area contributed by atoms with Crippen LogP contribution in [-0.4, -0.2) is 50.3 Å². The molecule has 0 bridgehead atoms. The van der Waals surface area contributed by atoms with E-state index in [1.807, 2.05) is 22.6 Å². The smallest absolute Gasteiger partial charge is 0.274 e. The molecule has 132 valence electrons. The second kappa shape index (κ2) is 6.92. The first-order valence-electron chi connectivity index (χ1n) is 8.89. The van der Waals surface area contributed by atoms with E-state index in [1.54, 1.807) is 18.6 Å². The molecule has 1 unspecified atom stereocenters. The molecule has 0 spiro atoms. The summed E-state index contributed by atoms with van der Waals surface area (Å²) in [6.45, 7) is 4.36. The lowest BCUT2D eigenvalue weighted by molar-refractivity contribution is 0.0275. The first kappa shape index (κ1) is 16.2. The number of hydrogen-bond donors (Lipinski definition) is 0. The zero-order valence-electron chi connectivity index (χ0n) is 14.5. The van der Waals surface area contributed by atoms with Crippen molar-refractivity contribution in [2.24, 2.45) is 5.92 Å². The molecular weight excluding hydrogens is 318 g/mol. The number of rotatable bonds is 5. The summed E-state index contributed by atoms with van der Waals surface area (Å²) >= 11 is 0. The summed E-state index contributed by atoms with van der Waals surface area (Å²) in [4.78, 5) is 23.0. The van der Waals surface area contributed by atoms with E-state index >= 15 is 0 Å². The fourth-order valence-electron chi connectivity index (χ4n) is 3.36. The van der Waals surface area contributed by atoms with Crippen molar-refractivity contribution < 1.29 is 9.53 Å². The molecular formula is C18H23N5O2. The van der Waals surface area contributed by atoms with Crippen molar-refractivity contribution in [3.8, 4) is 0 Å². The number of ether oxygens (including phenoxy) is 1. The molecule has 0 radical (unpaired) electrons. The Labute approximate surface area is 147 Å². The third kappa shape index (κ3) is 3.42. The van der Waals surface area contributed by atoms with Gasteiger partial charge in [0.15, 0.2) is 0 Å². The second-order valence-electron chi connectivity index (χ2n) is 6.98. The van der Waals surface area contributed by atoms with Crippen LogP contribution in [-0.2, 0) is 11.3 Å². The quantitative estimate of drug-likeness (QED) is 0.831. The molecule has 2 aromatic heterocycles. The van der Waals surface area contributed by atoms with Crippen LogP contribution < -0.4 is 0 Å². The minimum absolute atomic E-state index is 0.0428. The number of nitrogens with zero attached hydrogens (tertiary/aromatic N) is 5. The highest BCUT2D eigenvalue weighted by molar-refractivity contribution is 5.92. The Morgan fingerprint density at radius 2 is 2.16 bits per heavy atom. The molecule has 2 aromatic rings. The van der Waals surface area contributed by atoms with E-state index in [9.17, 15) is 4.79 Å². The van der Waals surface area contributed by atoms with Crippen LogP contribution in [0.1, 0.15) is 47.2 Å². The Kier molecular flexibility index (Phi) is 4.48. The third-order valence-electron chi connectivity index (χ3n) is 5.06. The van der Waals surface area contributed by atoms with Crippen LogP contribution in [0.5, 0.6) is 0 Å². The fraction of sp³-hybridized carbons (Fsp3) is 0.556. The van der Waals surface area contributed by atoms with Crippen LogP contribution in [0.15, 0.2) is 24.7 Å². The molecule has 1 saturated carbocycles. The first-order valence-corrected chi connectivity index (χ1v) is 8.89. The highest BCUT2D eigenvalue weighted by Gasteiger charge is 2.30. The molecule has 1 aliphatic heterocycles. The number of carbonyl (C=O) groups excluding carboxylic acids is 1. The molecule has 7 heteroatoms. The molecule has 0 N–H and O–H groups in total. The molecule has 2 aliphatic rings. The minimum atomic E-state index is -0.0936. The average Bonchev–Trinajstić information content (AvgIpc) is 3.05. The molecule has 1 amide bonds. The van der Waals surface area contributed by atoms with E-state index in [0.29, 0.717) is 31.3 Å². The number of aryl methyl sites for hydroxylation is 1. The molecule has 1 fully saturated rings. The van der Waals surface area contributed by atoms with Crippen molar-refractivity contribution in [3.63, 3.8) is 0 Å². The van der Waals surface area contributed by atoms with Gasteiger partial charge < -0.3 is 9.64 Å². The van der Waals surface area contributed by atoms with Gasteiger partial charge in [-0.3, -0.25) is 14.5 Å². The first-order chi connectivity index (χ1) is 12.2. The van der Waals surface area contributed by atoms with Gasteiger partial charge in [0.25, 0.3) is 5.91 Å². The van der Waals surface area contributed by atoms with E-state index in [2.05, 4.69) is 15.1 Å². The van der Waals surface area contributed by atoms with Crippen LogP contribution in [0.3, 0.4) is 0 Å². The van der Waals surface area contributed by atoms with Crippen molar-refractivity contribution in [2.75, 3.05) is 19.8 Å². The summed E-state index contributed by atoms with van der Waals surface area (Å²) in [6, 6.07) is 2.00. The van der Waals surface area contributed by atoms with E-state index in [1.165, 1.54) is 19.3 Å². The van der Waals surface area contributed by atoms with Crippen LogP contribution in [0.2, 0.25) is 0 Å². The number of aromatic nitrogens is 4. The maximum absolute atomic E-state index is 12.8. The molecule has 1 aliphatic carbocycles. The van der Waals surface area contributed by atoms with Gasteiger partial charge >= 0.3 is 0 Å². The Hall–Kier alpha value is -2.28. The van der Waals surface area contributed by atoms with Crippen LogP contribution in [0.25, 0.3) is 0 Å². The molecule has 0 aromatic carbocycles. The van der Waals surface area contributed by atoms with Gasteiger partial charge in [-0.2, -0.15) is 5.10 Å². The van der Waals surface area contributed by atoms with Crippen molar-refractivity contribution in [2.45, 2.75) is 38.8 Å². The minimum Gasteiger partial charge on any atom is -0.379 e. The molecule has 1 atom stereocenters. The van der Waals surface area contributed by atoms with Crippen LogP contribution in [0.4, 0.5) is 0 Å². The summed E-state index contributed by atoms with van der Waals surface area (Å²) in [5.74, 6) is 0.616. The molecule has 3 heterocycles. The number of fused-ring (bicyclic) bond motifs is 1. The van der Waals surface area contributed by atoms with Gasteiger partial charge in [-0.05, 0) is 31.7 Å². The Morgan fingerprint density at radius 3 is 2.88 bits per heavy atom. The maximum atomic E-state index is 12.8. The third-order valence-corrected chi connectivity index (χ3v) is 5.06. The summed E-state index contributed by atoms with van der Waals surface area (Å²) in [5.41, 5.74) is 2.21. The van der Waals surface area contributed by atoms with Gasteiger partial charge in [0.05, 0.1) is 36.8 Å². The lowest BCUT2D eigenvalue weighted by Crippen LogP contribution is -2.43. The number of carbonyl (C=O) groups is 1. The second-order valence-corrected chi connectivity index (χ2v) is 6.98. The number of hydrogen-bond acceptors (Lipinski definition) is 5. The van der Waals surface area contributed by atoms with Crippen LogP contribution in [0, 0.1) is 12.8 Å². The summed E-state index contributed by atoms with van der Waals surface area (Å²) < 4.78 is 7.92. The van der Waals surface area contributed by atoms with E-state index in [0.717, 1.165) is 18.0 Å². The standard InChI is InChI=1S/C18H23N5O2/c1-13-7-20-17(8-19-13)18(24)22-9-15-5-6-21-23(15)16(10-22)12-25-11-14-3-2-4-14/h5-8,14,16H,2-4,9-12H2,1H3. The molecule has 25 heavy (non-hydrogen) atoms. The van der Waals surface area contributed by atoms with Gasteiger partial charge in [-0.25, -0.2) is 4.98 Å². The van der Waals surface area contributed by atoms with Gasteiger partial charge in [-0.1, -0.05) is 6.42 Å². The van der Waals surface area contributed by atoms with Crippen molar-refractivity contribution in [1.29, 1.82) is 0 Å². The Balaban J connectivity index is 1.45. The van der Waals surface area contributed by atoms with Crippen LogP contribution >= 0.6 is 0 Å². The van der Waals surface area contributed by atoms with Crippen molar-refractivity contribution >= 4 is 5.91 Å². The zero-order chi connectivity index (χ0) is 17.2. The van der Waals surface area contributed by atoms with Gasteiger partial charge in [0, 0.05) is 25.5 Å². The highest BCUT2D eigenvalue weighted by atomic mass is 16.5. The SMILES string of the molecule is Cc1cnc(C(=O)N2Cc3ccnn3C(COCC3CCC3)C2)cn1. The molecule has 0 saturated heterocycles. The van der Waals surface area contributed by atoms with Crippen molar-refractivity contribution in [3.05, 3.63) is 41.7 Å². The van der Waals surface area contributed by atoms with E-state index in [4.69, 9.17) is 4.74 Å². The highest BCUT2D eigenvalue weighted by Crippen LogP contribution is 2.27. The topological polar surface area (TPSA) is 73.1 Å². The van der Waals surface area contributed by atoms with Crippen molar-refractivity contribution in [1.82, 2.24) is 24.6 Å². The fourth-order valence-corrected chi connectivity index (χ4v) is 3.36. The zero-order valence-corrected chi connectivity index (χ0v) is 14.5. The van der Waals surface area contributed by atoms with Gasteiger partial charge in [0.1, 0.15) is 5.69 Å². The Morgan fingerprint density at radius 1 is 1.28 bits per heavy atom. The maximum Gasteiger partial charge on any atom is 0.274 e. The molecule has 4 rings (SSSR count). The lowest BCUT2D eigenvalue weighted by atomic mass is 9.86. The predicted octanol–water partition coefficient (Wildman–Crippen LogP) is 2.00. The molecule has 7 nitrogen and oxygen atoms in total. The predicted molar refractivity (Wildman–Crippen MR) is 90.9 cm³/mol. The summed E-state index contributed by atoms with van der Waals surface area (Å²) in [5, 5.41) is 4.42. The monoisotopic (exact) mass is 341 g/mol. The Bertz CT molecular complexity index is 738. The largest absolute Gasteiger partial charge is 0.379 e. The van der Waals surface area contributed by atoms with Gasteiger partial charge in [-0.15, -0.1) is 0 Å². The average molecular weight is 341 g/mol. The van der Waals surface area contributed by atoms with E-state index < -0.39 is 0 Å². The summed E-state index contributed by atoms with van der Waals surface area (Å²) in [6.07, 6.45) is 8.82. The van der Waals surface area contributed by atoms with E-state index in [-0.39, 0.29) is 11.9 Å².